The lowest BCUT2D eigenvalue weighted by Crippen LogP contribution is -2.23. The largest absolute Gasteiger partial charge is 0.492 e. The Hall–Kier alpha value is -1.83. The van der Waals surface area contributed by atoms with E-state index in [-0.39, 0.29) is 0 Å². The second-order valence-electron chi connectivity index (χ2n) is 4.85. The van der Waals surface area contributed by atoms with Gasteiger partial charge in [0.15, 0.2) is 0 Å². The van der Waals surface area contributed by atoms with Gasteiger partial charge in [0.1, 0.15) is 12.4 Å². The van der Waals surface area contributed by atoms with Crippen molar-refractivity contribution in [2.45, 2.75) is 6.54 Å². The molecule has 0 spiro atoms. The van der Waals surface area contributed by atoms with E-state index in [9.17, 15) is 0 Å². The third-order valence-corrected chi connectivity index (χ3v) is 3.59. The van der Waals surface area contributed by atoms with Gasteiger partial charge in [-0.05, 0) is 49.0 Å². The maximum absolute atomic E-state index is 8.90. The van der Waals surface area contributed by atoms with Crippen molar-refractivity contribution < 1.29 is 4.74 Å². The van der Waals surface area contributed by atoms with Crippen molar-refractivity contribution in [3.63, 3.8) is 0 Å². The molecule has 0 aromatic heterocycles. The Kier molecular flexibility index (Phi) is 5.79. The van der Waals surface area contributed by atoms with Crippen LogP contribution in [-0.2, 0) is 6.54 Å². The molecule has 0 aliphatic heterocycles. The molecule has 2 aromatic rings. The van der Waals surface area contributed by atoms with Crippen LogP contribution in [0.3, 0.4) is 0 Å². The predicted octanol–water partition coefficient (Wildman–Crippen LogP) is 3.83. The van der Waals surface area contributed by atoms with Crippen LogP contribution in [0.4, 0.5) is 0 Å². The molecule has 0 saturated carbocycles. The summed E-state index contributed by atoms with van der Waals surface area (Å²) in [6.45, 7) is 2.27. The lowest BCUT2D eigenvalue weighted by Gasteiger charge is -2.17. The molecule has 0 amide bonds. The maximum Gasteiger partial charge on any atom is 0.119 e. The van der Waals surface area contributed by atoms with E-state index in [1.165, 1.54) is 0 Å². The summed E-state index contributed by atoms with van der Waals surface area (Å²) in [5.74, 6) is 0.873. The molecule has 0 heterocycles. The van der Waals surface area contributed by atoms with Gasteiger partial charge in [-0.3, -0.25) is 4.90 Å². The van der Waals surface area contributed by atoms with E-state index < -0.39 is 0 Å². The lowest BCUT2D eigenvalue weighted by molar-refractivity contribution is 0.233. The van der Waals surface area contributed by atoms with Crippen LogP contribution in [0.2, 0.25) is 0 Å². The van der Waals surface area contributed by atoms with Gasteiger partial charge >= 0.3 is 0 Å². The smallest absolute Gasteiger partial charge is 0.119 e. The topological polar surface area (TPSA) is 36.3 Å². The van der Waals surface area contributed by atoms with Crippen LogP contribution in [0.15, 0.2) is 53.0 Å². The summed E-state index contributed by atoms with van der Waals surface area (Å²) in [6.07, 6.45) is 0. The zero-order chi connectivity index (χ0) is 15.1. The fraction of sp³-hybridized carbons (Fsp3) is 0.235. The summed E-state index contributed by atoms with van der Waals surface area (Å²) in [5.41, 5.74) is 1.84. The number of nitrogens with zero attached hydrogens (tertiary/aromatic N) is 2. The first-order valence-electron chi connectivity index (χ1n) is 6.73. The van der Waals surface area contributed by atoms with Gasteiger partial charge < -0.3 is 4.74 Å². The molecule has 0 radical (unpaired) electrons. The van der Waals surface area contributed by atoms with Crippen LogP contribution >= 0.6 is 15.9 Å². The number of benzene rings is 2. The van der Waals surface area contributed by atoms with Crippen molar-refractivity contribution in [2.75, 3.05) is 20.2 Å². The fourth-order valence-corrected chi connectivity index (χ4v) is 2.24. The van der Waals surface area contributed by atoms with Crippen LogP contribution in [0.25, 0.3) is 0 Å². The SMILES string of the molecule is CN(CCOc1ccc(Br)cc1)Cc1cccc(C#N)c1. The fourth-order valence-electron chi connectivity index (χ4n) is 1.98. The van der Waals surface area contributed by atoms with E-state index in [0.717, 1.165) is 28.9 Å². The summed E-state index contributed by atoms with van der Waals surface area (Å²) < 4.78 is 6.75. The average molecular weight is 345 g/mol. The van der Waals surface area contributed by atoms with Crippen molar-refractivity contribution in [1.29, 1.82) is 5.26 Å². The van der Waals surface area contributed by atoms with Crippen LogP contribution < -0.4 is 4.74 Å². The van der Waals surface area contributed by atoms with Gasteiger partial charge in [0.25, 0.3) is 0 Å². The van der Waals surface area contributed by atoms with Gasteiger partial charge in [-0.2, -0.15) is 5.26 Å². The molecule has 2 rings (SSSR count). The first-order chi connectivity index (χ1) is 10.2. The normalized spacial score (nSPS) is 10.4. The van der Waals surface area contributed by atoms with Crippen molar-refractivity contribution in [2.24, 2.45) is 0 Å². The van der Waals surface area contributed by atoms with E-state index >= 15 is 0 Å². The van der Waals surface area contributed by atoms with Crippen LogP contribution in [0.1, 0.15) is 11.1 Å². The molecular weight excluding hydrogens is 328 g/mol. The van der Waals surface area contributed by atoms with Crippen LogP contribution in [0, 0.1) is 11.3 Å². The quantitative estimate of drug-likeness (QED) is 0.798. The van der Waals surface area contributed by atoms with Crippen LogP contribution in [0.5, 0.6) is 5.75 Å². The van der Waals surface area contributed by atoms with Crippen molar-refractivity contribution >= 4 is 15.9 Å². The molecule has 0 fully saturated rings. The van der Waals surface area contributed by atoms with Gasteiger partial charge in [0.05, 0.1) is 11.6 Å². The third kappa shape index (κ3) is 5.22. The Morgan fingerprint density at radius 1 is 1.19 bits per heavy atom. The zero-order valence-electron chi connectivity index (χ0n) is 11.9. The minimum Gasteiger partial charge on any atom is -0.492 e. The highest BCUT2D eigenvalue weighted by molar-refractivity contribution is 9.10. The molecule has 2 aromatic carbocycles. The van der Waals surface area contributed by atoms with Gasteiger partial charge in [-0.1, -0.05) is 28.1 Å². The summed E-state index contributed by atoms with van der Waals surface area (Å²) in [6, 6.07) is 17.7. The Bertz CT molecular complexity index is 619. The molecule has 0 aliphatic carbocycles. The molecule has 0 N–H and O–H groups in total. The zero-order valence-corrected chi connectivity index (χ0v) is 13.5. The van der Waals surface area contributed by atoms with Gasteiger partial charge in [0.2, 0.25) is 0 Å². The van der Waals surface area contributed by atoms with Crippen molar-refractivity contribution in [3.05, 3.63) is 64.1 Å². The Morgan fingerprint density at radius 2 is 1.95 bits per heavy atom. The number of likely N-dealkylation sites (N-methyl/N-ethyl adjacent to an activating group) is 1. The van der Waals surface area contributed by atoms with E-state index in [4.69, 9.17) is 10.00 Å². The second-order valence-corrected chi connectivity index (χ2v) is 5.77. The van der Waals surface area contributed by atoms with Gasteiger partial charge in [0, 0.05) is 17.6 Å². The summed E-state index contributed by atoms with van der Waals surface area (Å²) in [7, 11) is 2.05. The Balaban J connectivity index is 1.78. The standard InChI is InChI=1S/C17H17BrN2O/c1-20(13-15-4-2-3-14(11-15)12-19)9-10-21-17-7-5-16(18)6-8-17/h2-8,11H,9-10,13H2,1H3. The average Bonchev–Trinajstić information content (AvgIpc) is 2.49. The first kappa shape index (κ1) is 15.6. The van der Waals surface area contributed by atoms with E-state index in [0.29, 0.717) is 12.2 Å². The second kappa shape index (κ2) is 7.82. The van der Waals surface area contributed by atoms with E-state index in [1.807, 2.05) is 55.6 Å². The van der Waals surface area contributed by atoms with Crippen LogP contribution in [-0.4, -0.2) is 25.1 Å². The molecule has 0 bridgehead atoms. The van der Waals surface area contributed by atoms with E-state index in [1.54, 1.807) is 0 Å². The summed E-state index contributed by atoms with van der Waals surface area (Å²) in [5, 5.41) is 8.90. The molecule has 3 nitrogen and oxygen atoms in total. The molecule has 0 atom stereocenters. The Morgan fingerprint density at radius 3 is 2.67 bits per heavy atom. The maximum atomic E-state index is 8.90. The monoisotopic (exact) mass is 344 g/mol. The number of hydrogen-bond acceptors (Lipinski definition) is 3. The van der Waals surface area contributed by atoms with Crippen molar-refractivity contribution in [1.82, 2.24) is 4.90 Å². The highest BCUT2D eigenvalue weighted by atomic mass is 79.9. The highest BCUT2D eigenvalue weighted by Gasteiger charge is 2.02. The minimum atomic E-state index is 0.635. The van der Waals surface area contributed by atoms with Gasteiger partial charge in [-0.25, -0.2) is 0 Å². The lowest BCUT2D eigenvalue weighted by atomic mass is 10.1. The molecule has 0 saturated heterocycles. The number of halogens is 1. The molecule has 21 heavy (non-hydrogen) atoms. The van der Waals surface area contributed by atoms with Crippen molar-refractivity contribution in [3.8, 4) is 11.8 Å². The molecule has 0 unspecified atom stereocenters. The highest BCUT2D eigenvalue weighted by Crippen LogP contribution is 2.16. The molecule has 4 heteroatoms. The van der Waals surface area contributed by atoms with E-state index in [2.05, 4.69) is 26.9 Å². The van der Waals surface area contributed by atoms with Gasteiger partial charge in [-0.15, -0.1) is 0 Å². The predicted molar refractivity (Wildman–Crippen MR) is 87.1 cm³/mol. The minimum absolute atomic E-state index is 0.635. The molecule has 108 valence electrons. The first-order valence-corrected chi connectivity index (χ1v) is 7.52. The number of nitriles is 1. The summed E-state index contributed by atoms with van der Waals surface area (Å²) in [4.78, 5) is 2.18. The summed E-state index contributed by atoms with van der Waals surface area (Å²) >= 11 is 3.40. The number of hydrogen-bond donors (Lipinski definition) is 0. The number of rotatable bonds is 6. The molecule has 0 aliphatic rings. The number of ether oxygens (including phenoxy) is 1. The molecular formula is C17H17BrN2O. The third-order valence-electron chi connectivity index (χ3n) is 3.06. The Labute approximate surface area is 133 Å².